The Balaban J connectivity index is 1.78. The van der Waals surface area contributed by atoms with Crippen molar-refractivity contribution in [2.45, 2.75) is 26.1 Å². The average molecular weight is 283 g/mol. The summed E-state index contributed by atoms with van der Waals surface area (Å²) in [5.41, 5.74) is 1.80. The van der Waals surface area contributed by atoms with Crippen molar-refractivity contribution >= 4 is 11.6 Å². The van der Waals surface area contributed by atoms with Gasteiger partial charge in [0.2, 0.25) is 6.10 Å². The second-order valence-corrected chi connectivity index (χ2v) is 5.11. The van der Waals surface area contributed by atoms with E-state index in [1.54, 1.807) is 6.07 Å². The molecule has 1 amide bonds. The van der Waals surface area contributed by atoms with E-state index in [2.05, 4.69) is 5.32 Å². The van der Waals surface area contributed by atoms with E-state index in [9.17, 15) is 4.79 Å². The lowest BCUT2D eigenvalue weighted by Gasteiger charge is -2.31. The van der Waals surface area contributed by atoms with Gasteiger partial charge in [0.25, 0.3) is 5.91 Å². The number of fused-ring (bicyclic) bond motifs is 1. The first-order chi connectivity index (χ1) is 10.1. The van der Waals surface area contributed by atoms with Crippen molar-refractivity contribution in [2.24, 2.45) is 0 Å². The zero-order chi connectivity index (χ0) is 14.8. The molecule has 108 valence electrons. The fourth-order valence-electron chi connectivity index (χ4n) is 2.32. The Morgan fingerprint density at radius 2 is 1.62 bits per heavy atom. The second-order valence-electron chi connectivity index (χ2n) is 5.11. The Morgan fingerprint density at radius 3 is 2.33 bits per heavy atom. The summed E-state index contributed by atoms with van der Waals surface area (Å²) in [6, 6.07) is 15.0. The van der Waals surface area contributed by atoms with Crippen molar-refractivity contribution in [3.8, 4) is 11.5 Å². The first-order valence-electron chi connectivity index (χ1n) is 6.94. The van der Waals surface area contributed by atoms with Gasteiger partial charge in [0, 0.05) is 5.69 Å². The lowest BCUT2D eigenvalue weighted by Crippen LogP contribution is -2.46. The maximum atomic E-state index is 12.4. The molecule has 0 fully saturated rings. The highest BCUT2D eigenvalue weighted by molar-refractivity contribution is 5.95. The van der Waals surface area contributed by atoms with E-state index >= 15 is 0 Å². The first kappa shape index (κ1) is 13.5. The molecule has 0 saturated heterocycles. The van der Waals surface area contributed by atoms with E-state index in [0.717, 1.165) is 11.3 Å². The maximum absolute atomic E-state index is 12.4. The minimum Gasteiger partial charge on any atom is -0.482 e. The molecule has 0 spiro atoms. The van der Waals surface area contributed by atoms with Crippen LogP contribution in [-0.2, 0) is 4.79 Å². The Morgan fingerprint density at radius 1 is 1.00 bits per heavy atom. The molecule has 3 rings (SSSR count). The number of para-hydroxylation sites is 3. The predicted molar refractivity (Wildman–Crippen MR) is 80.8 cm³/mol. The highest BCUT2D eigenvalue weighted by Gasteiger charge is 2.34. The Bertz CT molecular complexity index is 669. The summed E-state index contributed by atoms with van der Waals surface area (Å²) in [6.07, 6.45) is -1.01. The van der Waals surface area contributed by atoms with Gasteiger partial charge in [-0.2, -0.15) is 0 Å². The van der Waals surface area contributed by atoms with E-state index in [-0.39, 0.29) is 12.0 Å². The van der Waals surface area contributed by atoms with E-state index < -0.39 is 6.10 Å². The van der Waals surface area contributed by atoms with Crippen molar-refractivity contribution < 1.29 is 14.3 Å². The number of anilines is 1. The van der Waals surface area contributed by atoms with Crippen LogP contribution in [0.2, 0.25) is 0 Å². The topological polar surface area (TPSA) is 47.6 Å². The Kier molecular flexibility index (Phi) is 3.52. The van der Waals surface area contributed by atoms with Crippen LogP contribution < -0.4 is 14.8 Å². The number of hydrogen-bond donors (Lipinski definition) is 1. The molecule has 0 aromatic heterocycles. The molecule has 0 bridgehead atoms. The number of ether oxygens (including phenoxy) is 2. The van der Waals surface area contributed by atoms with Crippen molar-refractivity contribution in [2.75, 3.05) is 5.32 Å². The smallest absolute Gasteiger partial charge is 0.269 e. The summed E-state index contributed by atoms with van der Waals surface area (Å²) in [4.78, 5) is 12.4. The summed E-state index contributed by atoms with van der Waals surface area (Å²) >= 11 is 0. The molecule has 0 aliphatic carbocycles. The van der Waals surface area contributed by atoms with Crippen molar-refractivity contribution in [3.63, 3.8) is 0 Å². The van der Waals surface area contributed by atoms with Crippen LogP contribution in [0.1, 0.15) is 12.5 Å². The molecule has 0 unspecified atom stereocenters. The normalized spacial score (nSPS) is 19.9. The minimum absolute atomic E-state index is 0.202. The van der Waals surface area contributed by atoms with E-state index in [0.29, 0.717) is 11.5 Å². The molecule has 21 heavy (non-hydrogen) atoms. The van der Waals surface area contributed by atoms with Crippen LogP contribution >= 0.6 is 0 Å². The largest absolute Gasteiger partial charge is 0.482 e. The minimum atomic E-state index is -0.667. The fourth-order valence-corrected chi connectivity index (χ4v) is 2.32. The summed E-state index contributed by atoms with van der Waals surface area (Å²) < 4.78 is 11.5. The van der Waals surface area contributed by atoms with Crippen LogP contribution in [0.15, 0.2) is 48.5 Å². The summed E-state index contributed by atoms with van der Waals surface area (Å²) in [7, 11) is 0. The Labute approximate surface area is 123 Å². The van der Waals surface area contributed by atoms with Gasteiger partial charge in [-0.3, -0.25) is 4.79 Å². The average Bonchev–Trinajstić information content (AvgIpc) is 2.49. The summed E-state index contributed by atoms with van der Waals surface area (Å²) in [5.74, 6) is 1.07. The van der Waals surface area contributed by atoms with Crippen LogP contribution in [0.4, 0.5) is 5.69 Å². The number of rotatable bonds is 2. The van der Waals surface area contributed by atoms with Gasteiger partial charge < -0.3 is 14.8 Å². The zero-order valence-electron chi connectivity index (χ0n) is 12.0. The molecule has 2 aromatic rings. The van der Waals surface area contributed by atoms with Crippen molar-refractivity contribution in [1.29, 1.82) is 0 Å². The standard InChI is InChI=1S/C17H17NO3/c1-11-7-3-4-8-13(11)18-17(19)16-12(2)20-14-9-5-6-10-15(14)21-16/h3-10,12,16H,1-2H3,(H,18,19)/t12-,16+/m1/s1. The van der Waals surface area contributed by atoms with Gasteiger partial charge in [0.1, 0.15) is 6.10 Å². The van der Waals surface area contributed by atoms with Crippen LogP contribution in [0.25, 0.3) is 0 Å². The summed E-state index contributed by atoms with van der Waals surface area (Å²) in [5, 5.41) is 2.90. The quantitative estimate of drug-likeness (QED) is 0.921. The molecule has 4 nitrogen and oxygen atoms in total. The lowest BCUT2D eigenvalue weighted by atomic mass is 10.1. The maximum Gasteiger partial charge on any atom is 0.269 e. The van der Waals surface area contributed by atoms with Gasteiger partial charge in [-0.05, 0) is 37.6 Å². The van der Waals surface area contributed by atoms with Crippen molar-refractivity contribution in [3.05, 3.63) is 54.1 Å². The van der Waals surface area contributed by atoms with E-state index in [4.69, 9.17) is 9.47 Å². The van der Waals surface area contributed by atoms with Gasteiger partial charge in [0.15, 0.2) is 11.5 Å². The zero-order valence-corrected chi connectivity index (χ0v) is 12.0. The van der Waals surface area contributed by atoms with Crippen LogP contribution in [-0.4, -0.2) is 18.1 Å². The number of aryl methyl sites for hydroxylation is 1. The Hall–Kier alpha value is -2.49. The van der Waals surface area contributed by atoms with Gasteiger partial charge in [0.05, 0.1) is 0 Å². The van der Waals surface area contributed by atoms with E-state index in [1.165, 1.54) is 0 Å². The molecular weight excluding hydrogens is 266 g/mol. The van der Waals surface area contributed by atoms with Gasteiger partial charge in [-0.15, -0.1) is 0 Å². The third kappa shape index (κ3) is 2.70. The second kappa shape index (κ2) is 5.48. The molecule has 4 heteroatoms. The summed E-state index contributed by atoms with van der Waals surface area (Å²) in [6.45, 7) is 3.78. The molecule has 0 saturated carbocycles. The lowest BCUT2D eigenvalue weighted by molar-refractivity contribution is -0.128. The van der Waals surface area contributed by atoms with Gasteiger partial charge >= 0.3 is 0 Å². The number of benzene rings is 2. The molecule has 1 aliphatic heterocycles. The molecule has 2 aromatic carbocycles. The number of amides is 1. The number of carbonyl (C=O) groups is 1. The number of carbonyl (C=O) groups excluding carboxylic acids is 1. The third-order valence-corrected chi connectivity index (χ3v) is 3.50. The molecule has 0 radical (unpaired) electrons. The van der Waals surface area contributed by atoms with Crippen molar-refractivity contribution in [1.82, 2.24) is 0 Å². The van der Waals surface area contributed by atoms with Crippen LogP contribution in [0.3, 0.4) is 0 Å². The fraction of sp³-hybridized carbons (Fsp3) is 0.235. The molecular formula is C17H17NO3. The van der Waals surface area contributed by atoms with Gasteiger partial charge in [-0.1, -0.05) is 30.3 Å². The molecule has 2 atom stereocenters. The van der Waals surface area contributed by atoms with Crippen LogP contribution in [0.5, 0.6) is 11.5 Å². The number of nitrogens with one attached hydrogen (secondary N) is 1. The third-order valence-electron chi connectivity index (χ3n) is 3.50. The number of hydrogen-bond acceptors (Lipinski definition) is 3. The highest BCUT2D eigenvalue weighted by Crippen LogP contribution is 2.33. The molecule has 1 heterocycles. The highest BCUT2D eigenvalue weighted by atomic mass is 16.6. The SMILES string of the molecule is Cc1ccccc1NC(=O)[C@H]1Oc2ccccc2O[C@@H]1C. The van der Waals surface area contributed by atoms with Gasteiger partial charge in [-0.25, -0.2) is 0 Å². The van der Waals surface area contributed by atoms with Crippen LogP contribution in [0, 0.1) is 6.92 Å². The molecule has 1 N–H and O–H groups in total. The molecule has 1 aliphatic rings. The van der Waals surface area contributed by atoms with E-state index in [1.807, 2.05) is 56.3 Å². The monoisotopic (exact) mass is 283 g/mol. The predicted octanol–water partition coefficient (Wildman–Crippen LogP) is 3.16. The first-order valence-corrected chi connectivity index (χ1v) is 6.94.